The van der Waals surface area contributed by atoms with Gasteiger partial charge in [0.2, 0.25) is 0 Å². The molecule has 0 bridgehead atoms. The zero-order valence-corrected chi connectivity index (χ0v) is 21.4. The first-order valence-electron chi connectivity index (χ1n) is 9.66. The van der Waals surface area contributed by atoms with Gasteiger partial charge in [-0.3, -0.25) is 9.98 Å². The van der Waals surface area contributed by atoms with Gasteiger partial charge in [-0.2, -0.15) is 0 Å². The van der Waals surface area contributed by atoms with Gasteiger partial charge >= 0.3 is 17.1 Å². The standard InChI is InChI=1S/C25H29N3.2CH3.Fe/c1-16-10-18(3)24(19(4)11-16)26-14-22-8-9-23(28(22)7)15-27-25-20(5)12-17(2)13-21(25)6;;;/h8-15H,1-7H3;2*1H3;/q;2*-1;+2. The van der Waals surface area contributed by atoms with E-state index in [9.17, 15) is 0 Å². The summed E-state index contributed by atoms with van der Waals surface area (Å²) >= 11 is 0. The van der Waals surface area contributed by atoms with Crippen molar-refractivity contribution in [3.05, 3.63) is 96.0 Å². The molecule has 3 nitrogen and oxygen atoms in total. The minimum Gasteiger partial charge on any atom is -0.358 e. The second kappa shape index (κ2) is 11.8. The van der Waals surface area contributed by atoms with Crippen molar-refractivity contribution in [3.8, 4) is 0 Å². The van der Waals surface area contributed by atoms with E-state index < -0.39 is 0 Å². The molecule has 1 heterocycles. The molecule has 4 heteroatoms. The SMILES string of the molecule is Cc1cc(C)c(N=Cc2ccc(C=Nc3c(C)cc(C)cc3C)n2C)c(C)c1.[CH3-].[CH3-].[Fe+2]. The van der Waals surface area contributed by atoms with Gasteiger partial charge in [-0.1, -0.05) is 35.4 Å². The molecule has 0 radical (unpaired) electrons. The predicted molar refractivity (Wildman–Crippen MR) is 134 cm³/mol. The van der Waals surface area contributed by atoms with E-state index in [4.69, 9.17) is 9.98 Å². The van der Waals surface area contributed by atoms with Crippen LogP contribution in [0.1, 0.15) is 44.8 Å². The van der Waals surface area contributed by atoms with Crippen LogP contribution in [0, 0.1) is 56.4 Å². The molecule has 166 valence electrons. The molecule has 0 saturated heterocycles. The van der Waals surface area contributed by atoms with Crippen LogP contribution in [0.3, 0.4) is 0 Å². The van der Waals surface area contributed by atoms with E-state index in [1.165, 1.54) is 33.4 Å². The fraction of sp³-hybridized carbons (Fsp3) is 0.259. The molecular weight excluding hydrogens is 422 g/mol. The van der Waals surface area contributed by atoms with Crippen molar-refractivity contribution in [2.24, 2.45) is 17.0 Å². The van der Waals surface area contributed by atoms with Gasteiger partial charge in [0, 0.05) is 7.05 Å². The average Bonchev–Trinajstić information content (AvgIpc) is 2.93. The Labute approximate surface area is 199 Å². The summed E-state index contributed by atoms with van der Waals surface area (Å²) in [5, 5.41) is 0. The molecule has 0 saturated carbocycles. The summed E-state index contributed by atoms with van der Waals surface area (Å²) in [6.45, 7) is 12.7. The number of aliphatic imine (C=N–C) groups is 2. The molecule has 0 spiro atoms. The molecule has 3 aromatic rings. The molecule has 0 aliphatic rings. The van der Waals surface area contributed by atoms with Crippen molar-refractivity contribution in [1.82, 2.24) is 4.57 Å². The summed E-state index contributed by atoms with van der Waals surface area (Å²) < 4.78 is 2.12. The molecule has 31 heavy (non-hydrogen) atoms. The van der Waals surface area contributed by atoms with Gasteiger partial charge in [0.15, 0.2) is 0 Å². The molecule has 0 amide bonds. The second-order valence-electron chi connectivity index (χ2n) is 7.75. The number of benzene rings is 2. The first kappa shape index (κ1) is 28.6. The van der Waals surface area contributed by atoms with Gasteiger partial charge in [-0.15, -0.1) is 0 Å². The van der Waals surface area contributed by atoms with E-state index in [1.807, 2.05) is 19.5 Å². The number of hydrogen-bond acceptors (Lipinski definition) is 2. The molecule has 0 fully saturated rings. The number of nitrogens with zero attached hydrogens (tertiary/aromatic N) is 3. The maximum atomic E-state index is 4.76. The van der Waals surface area contributed by atoms with Crippen molar-refractivity contribution >= 4 is 23.8 Å². The average molecular weight is 457 g/mol. The largest absolute Gasteiger partial charge is 2.00 e. The monoisotopic (exact) mass is 457 g/mol. The minimum atomic E-state index is 0. The zero-order chi connectivity index (χ0) is 20.4. The summed E-state index contributed by atoms with van der Waals surface area (Å²) in [4.78, 5) is 9.51. The molecule has 0 N–H and O–H groups in total. The fourth-order valence-corrected chi connectivity index (χ4v) is 3.82. The van der Waals surface area contributed by atoms with Crippen molar-refractivity contribution in [3.63, 3.8) is 0 Å². The van der Waals surface area contributed by atoms with E-state index in [1.54, 1.807) is 0 Å². The van der Waals surface area contributed by atoms with Crippen LogP contribution in [-0.4, -0.2) is 17.0 Å². The molecule has 0 unspecified atom stereocenters. The van der Waals surface area contributed by atoms with E-state index >= 15 is 0 Å². The normalized spacial score (nSPS) is 10.7. The van der Waals surface area contributed by atoms with Crippen LogP contribution in [0.2, 0.25) is 0 Å². The zero-order valence-electron chi connectivity index (χ0n) is 20.3. The number of hydrogen-bond donors (Lipinski definition) is 0. The smallest absolute Gasteiger partial charge is 0.358 e. The van der Waals surface area contributed by atoms with Gasteiger partial charge in [0.1, 0.15) is 0 Å². The quantitative estimate of drug-likeness (QED) is 0.224. The van der Waals surface area contributed by atoms with E-state index in [2.05, 4.69) is 82.5 Å². The topological polar surface area (TPSA) is 29.6 Å². The van der Waals surface area contributed by atoms with Gasteiger partial charge < -0.3 is 19.4 Å². The summed E-state index contributed by atoms with van der Waals surface area (Å²) in [6, 6.07) is 12.9. The Morgan fingerprint density at radius 2 is 0.903 bits per heavy atom. The first-order chi connectivity index (χ1) is 13.3. The maximum Gasteiger partial charge on any atom is 2.00 e. The summed E-state index contributed by atoms with van der Waals surface area (Å²) in [5.74, 6) is 0. The van der Waals surface area contributed by atoms with Crippen molar-refractivity contribution in [2.75, 3.05) is 0 Å². The van der Waals surface area contributed by atoms with Crippen LogP contribution in [-0.2, 0) is 24.1 Å². The van der Waals surface area contributed by atoms with Crippen molar-refractivity contribution in [2.45, 2.75) is 41.5 Å². The van der Waals surface area contributed by atoms with Crippen LogP contribution in [0.15, 0.2) is 46.4 Å². The van der Waals surface area contributed by atoms with Gasteiger partial charge in [0.05, 0.1) is 35.2 Å². The number of rotatable bonds is 4. The van der Waals surface area contributed by atoms with Crippen molar-refractivity contribution < 1.29 is 17.1 Å². The molecule has 0 aliphatic carbocycles. The molecule has 0 atom stereocenters. The van der Waals surface area contributed by atoms with E-state index in [0.29, 0.717) is 0 Å². The van der Waals surface area contributed by atoms with Crippen LogP contribution < -0.4 is 0 Å². The second-order valence-corrected chi connectivity index (χ2v) is 7.75. The Hall–Kier alpha value is -2.42. The third kappa shape index (κ3) is 6.53. The van der Waals surface area contributed by atoms with E-state index in [-0.39, 0.29) is 31.9 Å². The molecular formula is C27H35FeN3. The Morgan fingerprint density at radius 3 is 1.19 bits per heavy atom. The maximum absolute atomic E-state index is 4.76. The van der Waals surface area contributed by atoms with Gasteiger partial charge in [-0.25, -0.2) is 0 Å². The molecule has 2 aromatic carbocycles. The minimum absolute atomic E-state index is 0. The molecule has 0 aliphatic heterocycles. The Bertz CT molecular complexity index is 957. The summed E-state index contributed by atoms with van der Waals surface area (Å²) in [7, 11) is 2.05. The van der Waals surface area contributed by atoms with Crippen molar-refractivity contribution in [1.29, 1.82) is 0 Å². The fourth-order valence-electron chi connectivity index (χ4n) is 3.82. The van der Waals surface area contributed by atoms with Crippen LogP contribution in [0.25, 0.3) is 0 Å². The van der Waals surface area contributed by atoms with Crippen LogP contribution in [0.5, 0.6) is 0 Å². The summed E-state index contributed by atoms with van der Waals surface area (Å²) in [5.41, 5.74) is 11.6. The summed E-state index contributed by atoms with van der Waals surface area (Å²) in [6.07, 6.45) is 3.87. The number of aromatic nitrogens is 1. The van der Waals surface area contributed by atoms with Gasteiger partial charge in [0.25, 0.3) is 0 Å². The third-order valence-corrected chi connectivity index (χ3v) is 5.12. The Balaban J connectivity index is 0.00000300. The molecule has 1 aromatic heterocycles. The van der Waals surface area contributed by atoms with Gasteiger partial charge in [-0.05, 0) is 75.9 Å². The van der Waals surface area contributed by atoms with E-state index in [0.717, 1.165) is 22.8 Å². The van der Waals surface area contributed by atoms with Crippen LogP contribution >= 0.6 is 0 Å². The third-order valence-electron chi connectivity index (χ3n) is 5.12. The van der Waals surface area contributed by atoms with Crippen LogP contribution in [0.4, 0.5) is 11.4 Å². The predicted octanol–water partition coefficient (Wildman–Crippen LogP) is 7.27. The number of aryl methyl sites for hydroxylation is 6. The Kier molecular flexibility index (Phi) is 10.9. The first-order valence-corrected chi connectivity index (χ1v) is 9.66. The Morgan fingerprint density at radius 1 is 0.613 bits per heavy atom. The molecule has 3 rings (SSSR count).